The molecule has 5 nitrogen and oxygen atoms in total. The Balaban J connectivity index is 2.28. The second-order valence-corrected chi connectivity index (χ2v) is 7.73. The number of hydrogen-bond donors (Lipinski definition) is 1. The van der Waals surface area contributed by atoms with E-state index in [9.17, 15) is 18.3 Å². The fourth-order valence-corrected chi connectivity index (χ4v) is 4.09. The minimum atomic E-state index is -3.88. The van der Waals surface area contributed by atoms with Crippen LogP contribution in [0, 0.1) is 13.8 Å². The van der Waals surface area contributed by atoms with Crippen molar-refractivity contribution < 1.29 is 18.3 Å². The topological polar surface area (TPSA) is 74.7 Å². The van der Waals surface area contributed by atoms with E-state index >= 15 is 0 Å². The lowest BCUT2D eigenvalue weighted by atomic mass is 10.0. The molecule has 0 spiro atoms. The van der Waals surface area contributed by atoms with Gasteiger partial charge in [-0.1, -0.05) is 24.3 Å². The smallest absolute Gasteiger partial charge is 0.265 e. The van der Waals surface area contributed by atoms with Gasteiger partial charge < -0.3 is 5.11 Å². The molecule has 1 heterocycles. The van der Waals surface area contributed by atoms with Crippen molar-refractivity contribution in [3.63, 3.8) is 0 Å². The molecule has 1 N–H and O–H groups in total. The van der Waals surface area contributed by atoms with E-state index in [2.05, 4.69) is 0 Å². The van der Waals surface area contributed by atoms with Gasteiger partial charge in [0.25, 0.3) is 10.0 Å². The van der Waals surface area contributed by atoms with Gasteiger partial charge in [-0.25, -0.2) is 8.42 Å². The summed E-state index contributed by atoms with van der Waals surface area (Å²) in [5, 5.41) is 10.6. The molecule has 0 bridgehead atoms. The summed E-state index contributed by atoms with van der Waals surface area (Å²) < 4.78 is 26.1. The average molecular weight is 343 g/mol. The van der Waals surface area contributed by atoms with Crippen molar-refractivity contribution in [2.75, 3.05) is 7.05 Å². The molecule has 3 rings (SSSR count). The van der Waals surface area contributed by atoms with Crippen LogP contribution in [-0.4, -0.2) is 30.7 Å². The number of fused-ring (bicyclic) bond motifs is 1. The predicted octanol–water partition coefficient (Wildman–Crippen LogP) is 3.05. The monoisotopic (exact) mass is 343 g/mol. The van der Waals surface area contributed by atoms with Gasteiger partial charge in [0.1, 0.15) is 5.70 Å². The Hall–Kier alpha value is -2.60. The fourth-order valence-electron chi connectivity index (χ4n) is 2.70. The summed E-state index contributed by atoms with van der Waals surface area (Å²) >= 11 is 0. The van der Waals surface area contributed by atoms with Gasteiger partial charge in [0.05, 0.1) is 4.90 Å². The number of Topliss-reactive ketones (excluding diaryl/α,β-unsaturated/α-hetero) is 1. The molecular formula is C18H17NO4S. The number of rotatable bonds is 1. The molecule has 0 unspecified atom stereocenters. The van der Waals surface area contributed by atoms with Crippen molar-refractivity contribution in [2.24, 2.45) is 0 Å². The highest BCUT2D eigenvalue weighted by Gasteiger charge is 2.39. The van der Waals surface area contributed by atoms with Crippen LogP contribution in [0.3, 0.4) is 0 Å². The van der Waals surface area contributed by atoms with Crippen LogP contribution in [0.1, 0.15) is 27.0 Å². The molecule has 24 heavy (non-hydrogen) atoms. The number of ketones is 1. The lowest BCUT2D eigenvalue weighted by Crippen LogP contribution is -2.37. The van der Waals surface area contributed by atoms with Crippen molar-refractivity contribution in [1.29, 1.82) is 0 Å². The first kappa shape index (κ1) is 16.3. The third kappa shape index (κ3) is 2.30. The average Bonchev–Trinajstić information content (AvgIpc) is 2.56. The summed E-state index contributed by atoms with van der Waals surface area (Å²) in [4.78, 5) is 12.7. The molecule has 2 aromatic carbocycles. The molecule has 0 aliphatic carbocycles. The molecule has 0 aromatic heterocycles. The third-order valence-electron chi connectivity index (χ3n) is 4.30. The SMILES string of the molecule is Cc1ccc(C(O)=C2C(=O)c3ccccc3S(=O)(=O)N2C)cc1C. The Kier molecular flexibility index (Phi) is 3.72. The van der Waals surface area contributed by atoms with E-state index in [0.717, 1.165) is 15.4 Å². The summed E-state index contributed by atoms with van der Waals surface area (Å²) in [6.45, 7) is 3.82. The van der Waals surface area contributed by atoms with Crippen LogP contribution in [0.25, 0.3) is 5.76 Å². The number of aliphatic hydroxyl groups is 1. The van der Waals surface area contributed by atoms with Crippen LogP contribution < -0.4 is 0 Å². The number of likely N-dealkylation sites (N-methyl/N-ethyl adjacent to an activating group) is 1. The van der Waals surface area contributed by atoms with Crippen LogP contribution in [-0.2, 0) is 10.0 Å². The van der Waals surface area contributed by atoms with Crippen LogP contribution >= 0.6 is 0 Å². The first-order chi connectivity index (χ1) is 11.2. The van der Waals surface area contributed by atoms with Crippen LogP contribution in [0.4, 0.5) is 0 Å². The highest BCUT2D eigenvalue weighted by atomic mass is 32.2. The Morgan fingerprint density at radius 1 is 1.04 bits per heavy atom. The van der Waals surface area contributed by atoms with E-state index in [0.29, 0.717) is 5.56 Å². The predicted molar refractivity (Wildman–Crippen MR) is 91.2 cm³/mol. The van der Waals surface area contributed by atoms with Gasteiger partial charge in [0.2, 0.25) is 5.78 Å². The Bertz CT molecular complexity index is 990. The molecule has 0 fully saturated rings. The molecule has 0 amide bonds. The highest BCUT2D eigenvalue weighted by molar-refractivity contribution is 7.89. The minimum Gasteiger partial charge on any atom is -0.505 e. The lowest BCUT2D eigenvalue weighted by molar-refractivity contribution is 0.100. The standard InChI is InChI=1S/C18H17NO4S/c1-11-8-9-13(10-12(11)2)17(20)16-18(21)14-6-4-5-7-15(14)24(22,23)19(16)3/h4-10,20H,1-3H3. The maximum atomic E-state index is 12.8. The number of carbonyl (C=O) groups excluding carboxylic acids is 1. The van der Waals surface area contributed by atoms with E-state index in [1.807, 2.05) is 19.9 Å². The van der Waals surface area contributed by atoms with E-state index in [4.69, 9.17) is 0 Å². The maximum Gasteiger partial charge on any atom is 0.265 e. The van der Waals surface area contributed by atoms with Gasteiger partial charge in [-0.15, -0.1) is 0 Å². The van der Waals surface area contributed by atoms with Crippen molar-refractivity contribution in [3.8, 4) is 0 Å². The number of sulfonamides is 1. The summed E-state index contributed by atoms with van der Waals surface area (Å²) in [6, 6.07) is 11.2. The number of nitrogens with zero attached hydrogens (tertiary/aromatic N) is 1. The molecular weight excluding hydrogens is 326 g/mol. The van der Waals surface area contributed by atoms with Gasteiger partial charge in [-0.05, 0) is 43.2 Å². The van der Waals surface area contributed by atoms with Crippen LogP contribution in [0.15, 0.2) is 53.1 Å². The third-order valence-corrected chi connectivity index (χ3v) is 6.12. The molecule has 6 heteroatoms. The van der Waals surface area contributed by atoms with E-state index in [1.54, 1.807) is 24.3 Å². The molecule has 1 aliphatic heterocycles. The van der Waals surface area contributed by atoms with Crippen LogP contribution in [0.2, 0.25) is 0 Å². The van der Waals surface area contributed by atoms with Gasteiger partial charge >= 0.3 is 0 Å². The summed E-state index contributed by atoms with van der Waals surface area (Å²) in [7, 11) is -2.61. The van der Waals surface area contributed by atoms with Crippen molar-refractivity contribution in [2.45, 2.75) is 18.7 Å². The Morgan fingerprint density at radius 3 is 2.38 bits per heavy atom. The summed E-state index contributed by atoms with van der Waals surface area (Å²) in [5.74, 6) is -0.859. The number of aliphatic hydroxyl groups excluding tert-OH is 1. The second-order valence-electron chi connectivity index (χ2n) is 5.79. The van der Waals surface area contributed by atoms with Gasteiger partial charge in [0.15, 0.2) is 5.76 Å². The molecule has 0 radical (unpaired) electrons. The van der Waals surface area contributed by atoms with Crippen LogP contribution in [0.5, 0.6) is 0 Å². The van der Waals surface area contributed by atoms with Gasteiger partial charge in [-0.2, -0.15) is 0 Å². The zero-order valence-corrected chi connectivity index (χ0v) is 14.4. The number of carbonyl (C=O) groups is 1. The molecule has 0 saturated heterocycles. The first-order valence-corrected chi connectivity index (χ1v) is 8.82. The first-order valence-electron chi connectivity index (χ1n) is 7.38. The Labute approximate surface area is 140 Å². The van der Waals surface area contributed by atoms with Crippen molar-refractivity contribution in [3.05, 3.63) is 70.4 Å². The fraction of sp³-hybridized carbons (Fsp3) is 0.167. The molecule has 0 saturated carbocycles. The number of hydrogen-bond acceptors (Lipinski definition) is 4. The lowest BCUT2D eigenvalue weighted by Gasteiger charge is -2.28. The normalized spacial score (nSPS) is 18.3. The molecule has 2 aromatic rings. The number of allylic oxidation sites excluding steroid dienone is 1. The minimum absolute atomic E-state index is 0.0471. The summed E-state index contributed by atoms with van der Waals surface area (Å²) in [6.07, 6.45) is 0. The van der Waals surface area contributed by atoms with E-state index in [1.165, 1.54) is 19.2 Å². The van der Waals surface area contributed by atoms with E-state index in [-0.39, 0.29) is 21.9 Å². The second kappa shape index (κ2) is 5.49. The highest BCUT2D eigenvalue weighted by Crippen LogP contribution is 2.34. The zero-order valence-electron chi connectivity index (χ0n) is 13.6. The molecule has 1 aliphatic rings. The zero-order chi connectivity index (χ0) is 17.6. The largest absolute Gasteiger partial charge is 0.505 e. The van der Waals surface area contributed by atoms with Crippen molar-refractivity contribution >= 4 is 21.6 Å². The van der Waals surface area contributed by atoms with Gasteiger partial charge in [-0.3, -0.25) is 9.10 Å². The maximum absolute atomic E-state index is 12.8. The number of aryl methyl sites for hydroxylation is 2. The van der Waals surface area contributed by atoms with Gasteiger partial charge in [0, 0.05) is 18.2 Å². The molecule has 124 valence electrons. The quantitative estimate of drug-likeness (QED) is 0.638. The summed E-state index contributed by atoms with van der Waals surface area (Å²) in [5.41, 5.74) is 2.22. The van der Waals surface area contributed by atoms with E-state index < -0.39 is 15.8 Å². The Morgan fingerprint density at radius 2 is 1.71 bits per heavy atom. The van der Waals surface area contributed by atoms with Crippen molar-refractivity contribution in [1.82, 2.24) is 4.31 Å². The number of benzene rings is 2. The molecule has 0 atom stereocenters.